The Hall–Kier alpha value is -1.98. The van der Waals surface area contributed by atoms with Crippen LogP contribution in [0.15, 0.2) is 18.3 Å². The van der Waals surface area contributed by atoms with E-state index in [1.807, 2.05) is 39.7 Å². The lowest BCUT2D eigenvalue weighted by molar-refractivity contribution is 0.0703. The summed E-state index contributed by atoms with van der Waals surface area (Å²) in [6.07, 6.45) is 5.00. The summed E-state index contributed by atoms with van der Waals surface area (Å²) in [5.74, 6) is 0.102. The van der Waals surface area contributed by atoms with Gasteiger partial charge in [0.25, 0.3) is 5.91 Å². The molecule has 0 saturated carbocycles. The minimum atomic E-state index is 0.0742. The van der Waals surface area contributed by atoms with E-state index < -0.39 is 0 Å². The van der Waals surface area contributed by atoms with Crippen LogP contribution >= 0.6 is 0 Å². The molecule has 0 aliphatic carbocycles. The van der Waals surface area contributed by atoms with E-state index in [0.29, 0.717) is 0 Å². The van der Waals surface area contributed by atoms with Crippen LogP contribution in [0.2, 0.25) is 0 Å². The van der Waals surface area contributed by atoms with Gasteiger partial charge in [-0.3, -0.25) is 4.79 Å². The average molecular weight is 318 g/mol. The fourth-order valence-corrected chi connectivity index (χ4v) is 3.94. The van der Waals surface area contributed by atoms with E-state index in [1.54, 1.807) is 19.0 Å². The topological polar surface area (TPSA) is 48.8 Å². The summed E-state index contributed by atoms with van der Waals surface area (Å²) >= 11 is 0. The van der Waals surface area contributed by atoms with Crippen molar-refractivity contribution in [1.29, 1.82) is 0 Å². The highest BCUT2D eigenvalue weighted by Gasteiger charge is 2.44. The zero-order valence-electron chi connectivity index (χ0n) is 14.3. The second-order valence-corrected chi connectivity index (χ2v) is 7.18. The number of hydrogen-bond donors (Lipinski definition) is 0. The Labute approximate surface area is 137 Å². The monoisotopic (exact) mass is 318 g/mol. The molecule has 0 N–H and O–H groups in total. The number of carbonyl (C=O) groups excluding carboxylic acids is 2. The maximum absolute atomic E-state index is 12.7. The molecule has 126 valence electrons. The molecule has 0 unspecified atom stereocenters. The lowest BCUT2D eigenvalue weighted by atomic mass is 9.79. The van der Waals surface area contributed by atoms with E-state index >= 15 is 0 Å². The number of piperidine rings is 1. The van der Waals surface area contributed by atoms with Crippen LogP contribution < -0.4 is 0 Å². The molecule has 3 amide bonds. The van der Waals surface area contributed by atoms with Crippen LogP contribution in [0, 0.1) is 5.41 Å². The van der Waals surface area contributed by atoms with Crippen molar-refractivity contribution in [3.8, 4) is 0 Å². The Bertz CT molecular complexity index is 609. The normalized spacial score (nSPS) is 24.3. The maximum atomic E-state index is 12.7. The quantitative estimate of drug-likeness (QED) is 0.790. The molecule has 6 nitrogen and oxygen atoms in total. The average Bonchev–Trinajstić information content (AvgIpc) is 3.13. The summed E-state index contributed by atoms with van der Waals surface area (Å²) in [5.41, 5.74) is 0.809. The summed E-state index contributed by atoms with van der Waals surface area (Å²) in [4.78, 5) is 30.5. The van der Waals surface area contributed by atoms with Crippen LogP contribution in [-0.2, 0) is 7.05 Å². The van der Waals surface area contributed by atoms with Gasteiger partial charge in [-0.15, -0.1) is 0 Å². The largest absolute Gasteiger partial charge is 0.347 e. The first kappa shape index (κ1) is 15.9. The lowest BCUT2D eigenvalue weighted by Crippen LogP contribution is -2.50. The van der Waals surface area contributed by atoms with Crippen molar-refractivity contribution in [1.82, 2.24) is 19.3 Å². The number of urea groups is 1. The van der Waals surface area contributed by atoms with Crippen LogP contribution in [0.25, 0.3) is 0 Å². The van der Waals surface area contributed by atoms with Crippen molar-refractivity contribution in [3.05, 3.63) is 24.0 Å². The Kier molecular flexibility index (Phi) is 4.08. The van der Waals surface area contributed by atoms with Gasteiger partial charge in [-0.05, 0) is 31.4 Å². The molecule has 2 fully saturated rings. The van der Waals surface area contributed by atoms with Crippen LogP contribution in [0.3, 0.4) is 0 Å². The van der Waals surface area contributed by atoms with Crippen molar-refractivity contribution < 1.29 is 9.59 Å². The Morgan fingerprint density at radius 2 is 1.87 bits per heavy atom. The zero-order valence-corrected chi connectivity index (χ0v) is 14.3. The van der Waals surface area contributed by atoms with E-state index in [1.165, 1.54) is 0 Å². The van der Waals surface area contributed by atoms with Crippen LogP contribution in [0.5, 0.6) is 0 Å². The van der Waals surface area contributed by atoms with Crippen molar-refractivity contribution in [3.63, 3.8) is 0 Å². The van der Waals surface area contributed by atoms with E-state index in [0.717, 1.165) is 51.1 Å². The number of aryl methyl sites for hydroxylation is 1. The molecule has 23 heavy (non-hydrogen) atoms. The lowest BCUT2D eigenvalue weighted by Gasteiger charge is -2.41. The van der Waals surface area contributed by atoms with Gasteiger partial charge in [0.2, 0.25) is 0 Å². The first-order valence-corrected chi connectivity index (χ1v) is 8.29. The van der Waals surface area contributed by atoms with Gasteiger partial charge >= 0.3 is 6.03 Å². The smallest absolute Gasteiger partial charge is 0.319 e. The van der Waals surface area contributed by atoms with Crippen molar-refractivity contribution in [2.24, 2.45) is 12.5 Å². The fraction of sp³-hybridized carbons (Fsp3) is 0.647. The summed E-state index contributed by atoms with van der Waals surface area (Å²) < 4.78 is 1.87. The molecule has 2 saturated heterocycles. The molecular weight excluding hydrogens is 292 g/mol. The van der Waals surface area contributed by atoms with E-state index in [-0.39, 0.29) is 17.4 Å². The molecule has 1 atom stereocenters. The highest BCUT2D eigenvalue weighted by molar-refractivity contribution is 5.93. The molecule has 1 spiro atoms. The SMILES string of the molecule is CN(C)C(=O)N1CCC[C@]2(CCN(C(=O)c3cccn3C)C2)C1. The minimum absolute atomic E-state index is 0.0742. The zero-order chi connectivity index (χ0) is 16.6. The first-order valence-electron chi connectivity index (χ1n) is 8.29. The standard InChI is InChI=1S/C17H26N4O2/c1-18(2)16(23)21-10-5-7-17(13-21)8-11-20(12-17)15(22)14-6-4-9-19(14)3/h4,6,9H,5,7-8,10-13H2,1-3H3/t17-/m1/s1. The van der Waals surface area contributed by atoms with Gasteiger partial charge in [-0.2, -0.15) is 0 Å². The van der Waals surface area contributed by atoms with Crippen LogP contribution in [0.1, 0.15) is 29.8 Å². The number of nitrogens with zero attached hydrogens (tertiary/aromatic N) is 4. The van der Waals surface area contributed by atoms with Gasteiger partial charge in [0, 0.05) is 58.9 Å². The van der Waals surface area contributed by atoms with Crippen LogP contribution in [0.4, 0.5) is 4.79 Å². The molecule has 0 aromatic carbocycles. The molecule has 3 rings (SSSR count). The molecular formula is C17H26N4O2. The second-order valence-electron chi connectivity index (χ2n) is 7.18. The fourth-order valence-electron chi connectivity index (χ4n) is 3.94. The Balaban J connectivity index is 1.70. The number of likely N-dealkylation sites (tertiary alicyclic amines) is 2. The van der Waals surface area contributed by atoms with Crippen molar-refractivity contribution >= 4 is 11.9 Å². The van der Waals surface area contributed by atoms with E-state index in [2.05, 4.69) is 0 Å². The van der Waals surface area contributed by atoms with Crippen molar-refractivity contribution in [2.45, 2.75) is 19.3 Å². The minimum Gasteiger partial charge on any atom is -0.347 e. The summed E-state index contributed by atoms with van der Waals surface area (Å²) in [6, 6.07) is 3.85. The van der Waals surface area contributed by atoms with Gasteiger partial charge in [0.05, 0.1) is 0 Å². The molecule has 6 heteroatoms. The highest BCUT2D eigenvalue weighted by atomic mass is 16.2. The Morgan fingerprint density at radius 1 is 1.13 bits per heavy atom. The third-order valence-corrected chi connectivity index (χ3v) is 5.20. The van der Waals surface area contributed by atoms with Gasteiger partial charge in [-0.25, -0.2) is 4.79 Å². The molecule has 2 aliphatic rings. The first-order chi connectivity index (χ1) is 10.9. The number of hydrogen-bond acceptors (Lipinski definition) is 2. The highest BCUT2D eigenvalue weighted by Crippen LogP contribution is 2.39. The van der Waals surface area contributed by atoms with Gasteiger partial charge in [-0.1, -0.05) is 0 Å². The molecule has 0 radical (unpaired) electrons. The predicted octanol–water partition coefficient (Wildman–Crippen LogP) is 1.63. The van der Waals surface area contributed by atoms with Gasteiger partial charge in [0.15, 0.2) is 0 Å². The third-order valence-electron chi connectivity index (χ3n) is 5.20. The number of amides is 3. The number of carbonyl (C=O) groups is 2. The van der Waals surface area contributed by atoms with E-state index in [4.69, 9.17) is 0 Å². The van der Waals surface area contributed by atoms with Gasteiger partial charge < -0.3 is 19.3 Å². The summed E-state index contributed by atoms with van der Waals surface area (Å²) in [5, 5.41) is 0. The number of aromatic nitrogens is 1. The van der Waals surface area contributed by atoms with E-state index in [9.17, 15) is 9.59 Å². The molecule has 1 aromatic heterocycles. The Morgan fingerprint density at radius 3 is 2.52 bits per heavy atom. The number of rotatable bonds is 1. The van der Waals surface area contributed by atoms with Crippen molar-refractivity contribution in [2.75, 3.05) is 40.3 Å². The molecule has 3 heterocycles. The summed E-state index contributed by atoms with van der Waals surface area (Å²) in [6.45, 7) is 3.13. The summed E-state index contributed by atoms with van der Waals surface area (Å²) in [7, 11) is 5.49. The van der Waals surface area contributed by atoms with Crippen LogP contribution in [-0.4, -0.2) is 71.5 Å². The molecule has 2 aliphatic heterocycles. The molecule has 0 bridgehead atoms. The molecule has 1 aromatic rings. The maximum Gasteiger partial charge on any atom is 0.319 e. The van der Waals surface area contributed by atoms with Gasteiger partial charge in [0.1, 0.15) is 5.69 Å². The third kappa shape index (κ3) is 2.94. The predicted molar refractivity (Wildman–Crippen MR) is 88.3 cm³/mol. The second kappa shape index (κ2) is 5.91.